The fourth-order valence-electron chi connectivity index (χ4n) is 2.91. The van der Waals surface area contributed by atoms with Crippen LogP contribution in [0.3, 0.4) is 0 Å². The van der Waals surface area contributed by atoms with Gasteiger partial charge in [-0.2, -0.15) is 0 Å². The smallest absolute Gasteiger partial charge is 0.224 e. The van der Waals surface area contributed by atoms with Gasteiger partial charge in [0.05, 0.1) is 19.1 Å². The molecule has 4 nitrogen and oxygen atoms in total. The van der Waals surface area contributed by atoms with Crippen molar-refractivity contribution < 1.29 is 14.3 Å². The summed E-state index contributed by atoms with van der Waals surface area (Å²) in [6, 6.07) is 8.37. The first-order valence-corrected chi connectivity index (χ1v) is 9.17. The molecule has 1 fully saturated rings. The van der Waals surface area contributed by atoms with E-state index in [0.717, 1.165) is 37.9 Å². The molecule has 134 valence electrons. The molecule has 1 aliphatic heterocycles. The van der Waals surface area contributed by atoms with Crippen molar-refractivity contribution in [3.05, 3.63) is 35.4 Å². The highest BCUT2D eigenvalue weighted by Gasteiger charge is 2.14. The van der Waals surface area contributed by atoms with Gasteiger partial charge in [0, 0.05) is 19.8 Å². The molecule has 1 amide bonds. The average Bonchev–Trinajstić information content (AvgIpc) is 3.05. The number of amides is 1. The standard InChI is InChI=1S/C20H31NO3/c1-16(2)13-17-6-8-18(9-7-17)14-20(22)21-10-4-11-23-15-19-5-3-12-24-19/h6-9,16,19H,3-5,10-15H2,1-2H3,(H,21,22). The van der Waals surface area contributed by atoms with E-state index in [0.29, 0.717) is 32.1 Å². The van der Waals surface area contributed by atoms with Crippen LogP contribution in [0.15, 0.2) is 24.3 Å². The molecule has 1 aromatic carbocycles. The lowest BCUT2D eigenvalue weighted by Crippen LogP contribution is -2.27. The topological polar surface area (TPSA) is 47.6 Å². The van der Waals surface area contributed by atoms with E-state index in [1.807, 2.05) is 0 Å². The molecule has 0 radical (unpaired) electrons. The van der Waals surface area contributed by atoms with Gasteiger partial charge in [-0.05, 0) is 42.7 Å². The first-order valence-electron chi connectivity index (χ1n) is 9.17. The van der Waals surface area contributed by atoms with Gasteiger partial charge < -0.3 is 14.8 Å². The number of nitrogens with one attached hydrogen (secondary N) is 1. The molecule has 1 aromatic rings. The van der Waals surface area contributed by atoms with Crippen LogP contribution in [0.5, 0.6) is 0 Å². The summed E-state index contributed by atoms with van der Waals surface area (Å²) in [5, 5.41) is 2.96. The van der Waals surface area contributed by atoms with Crippen LogP contribution in [-0.2, 0) is 27.1 Å². The maximum atomic E-state index is 11.9. The van der Waals surface area contributed by atoms with Crippen molar-refractivity contribution in [3.63, 3.8) is 0 Å². The molecule has 0 bridgehead atoms. The summed E-state index contributed by atoms with van der Waals surface area (Å²) in [7, 11) is 0. The summed E-state index contributed by atoms with van der Waals surface area (Å²) < 4.78 is 11.1. The molecule has 1 N–H and O–H groups in total. The van der Waals surface area contributed by atoms with Crippen LogP contribution in [0.4, 0.5) is 0 Å². The van der Waals surface area contributed by atoms with E-state index in [-0.39, 0.29) is 12.0 Å². The highest BCUT2D eigenvalue weighted by atomic mass is 16.5. The van der Waals surface area contributed by atoms with Gasteiger partial charge in [-0.25, -0.2) is 0 Å². The van der Waals surface area contributed by atoms with Crippen LogP contribution in [0.25, 0.3) is 0 Å². The van der Waals surface area contributed by atoms with E-state index in [1.54, 1.807) is 0 Å². The summed E-state index contributed by atoms with van der Waals surface area (Å²) in [6.45, 7) is 7.30. The molecule has 0 spiro atoms. The summed E-state index contributed by atoms with van der Waals surface area (Å²) in [4.78, 5) is 11.9. The van der Waals surface area contributed by atoms with E-state index >= 15 is 0 Å². The van der Waals surface area contributed by atoms with Gasteiger partial charge in [0.2, 0.25) is 5.91 Å². The van der Waals surface area contributed by atoms with Gasteiger partial charge in [-0.3, -0.25) is 4.79 Å². The molecule has 0 aliphatic carbocycles. The van der Waals surface area contributed by atoms with Crippen molar-refractivity contribution in [2.45, 2.75) is 52.1 Å². The van der Waals surface area contributed by atoms with Crippen molar-refractivity contribution in [2.75, 3.05) is 26.4 Å². The predicted octanol–water partition coefficient (Wildman–Crippen LogP) is 3.13. The first kappa shape index (κ1) is 18.9. The summed E-state index contributed by atoms with van der Waals surface area (Å²) in [5.74, 6) is 0.729. The van der Waals surface area contributed by atoms with Gasteiger partial charge in [-0.1, -0.05) is 38.1 Å². The SMILES string of the molecule is CC(C)Cc1ccc(CC(=O)NCCCOCC2CCCO2)cc1. The molecule has 4 heteroatoms. The number of benzene rings is 1. The lowest BCUT2D eigenvalue weighted by Gasteiger charge is -2.10. The molecular formula is C20H31NO3. The molecule has 1 saturated heterocycles. The molecule has 2 rings (SSSR count). The van der Waals surface area contributed by atoms with Crippen LogP contribution in [0.2, 0.25) is 0 Å². The van der Waals surface area contributed by atoms with Gasteiger partial charge in [0.25, 0.3) is 0 Å². The third kappa shape index (κ3) is 7.45. The van der Waals surface area contributed by atoms with E-state index < -0.39 is 0 Å². The molecule has 1 unspecified atom stereocenters. The van der Waals surface area contributed by atoms with Gasteiger partial charge >= 0.3 is 0 Å². The molecule has 1 atom stereocenters. The van der Waals surface area contributed by atoms with Crippen molar-refractivity contribution in [1.29, 1.82) is 0 Å². The van der Waals surface area contributed by atoms with Crippen LogP contribution < -0.4 is 5.32 Å². The minimum atomic E-state index is 0.0748. The maximum absolute atomic E-state index is 11.9. The molecule has 0 aromatic heterocycles. The Balaban J connectivity index is 1.54. The maximum Gasteiger partial charge on any atom is 0.224 e. The lowest BCUT2D eigenvalue weighted by molar-refractivity contribution is -0.120. The normalized spacial score (nSPS) is 17.4. The second-order valence-electron chi connectivity index (χ2n) is 7.00. The van der Waals surface area contributed by atoms with Gasteiger partial charge in [0.1, 0.15) is 0 Å². The van der Waals surface area contributed by atoms with Gasteiger partial charge in [0.15, 0.2) is 0 Å². The van der Waals surface area contributed by atoms with Crippen LogP contribution in [0, 0.1) is 5.92 Å². The molecule has 24 heavy (non-hydrogen) atoms. The average molecular weight is 333 g/mol. The van der Waals surface area contributed by atoms with Crippen LogP contribution >= 0.6 is 0 Å². The molecule has 1 aliphatic rings. The quantitative estimate of drug-likeness (QED) is 0.669. The summed E-state index contributed by atoms with van der Waals surface area (Å²) in [6.07, 6.45) is 4.89. The second-order valence-corrected chi connectivity index (χ2v) is 7.00. The number of carbonyl (C=O) groups is 1. The summed E-state index contributed by atoms with van der Waals surface area (Å²) >= 11 is 0. The second kappa shape index (κ2) is 10.5. The fraction of sp³-hybridized carbons (Fsp3) is 0.650. The number of carbonyl (C=O) groups excluding carboxylic acids is 1. The number of hydrogen-bond acceptors (Lipinski definition) is 3. The van der Waals surface area contributed by atoms with E-state index in [2.05, 4.69) is 43.4 Å². The monoisotopic (exact) mass is 333 g/mol. The van der Waals surface area contributed by atoms with Crippen LogP contribution in [0.1, 0.15) is 44.2 Å². The Kier molecular flexibility index (Phi) is 8.26. The number of rotatable bonds is 10. The minimum absolute atomic E-state index is 0.0748. The molecule has 0 saturated carbocycles. The highest BCUT2D eigenvalue weighted by molar-refractivity contribution is 5.78. The summed E-state index contributed by atoms with van der Waals surface area (Å²) in [5.41, 5.74) is 2.40. The molecular weight excluding hydrogens is 302 g/mol. The lowest BCUT2D eigenvalue weighted by atomic mass is 10.0. The van der Waals surface area contributed by atoms with E-state index in [1.165, 1.54) is 5.56 Å². The minimum Gasteiger partial charge on any atom is -0.379 e. The largest absolute Gasteiger partial charge is 0.379 e. The van der Waals surface area contributed by atoms with Crippen molar-refractivity contribution >= 4 is 5.91 Å². The zero-order valence-corrected chi connectivity index (χ0v) is 15.1. The Morgan fingerprint density at radius 2 is 2.04 bits per heavy atom. The first-order chi connectivity index (χ1) is 11.6. The fourth-order valence-corrected chi connectivity index (χ4v) is 2.91. The zero-order chi connectivity index (χ0) is 17.2. The third-order valence-electron chi connectivity index (χ3n) is 4.15. The Bertz CT molecular complexity index is 478. The Labute approximate surface area is 145 Å². The van der Waals surface area contributed by atoms with Crippen LogP contribution in [-0.4, -0.2) is 38.4 Å². The van der Waals surface area contributed by atoms with Gasteiger partial charge in [-0.15, -0.1) is 0 Å². The zero-order valence-electron chi connectivity index (χ0n) is 15.1. The highest BCUT2D eigenvalue weighted by Crippen LogP contribution is 2.12. The predicted molar refractivity (Wildman–Crippen MR) is 96.1 cm³/mol. The number of hydrogen-bond donors (Lipinski definition) is 1. The Morgan fingerprint density at radius 3 is 2.71 bits per heavy atom. The van der Waals surface area contributed by atoms with Crippen molar-refractivity contribution in [2.24, 2.45) is 5.92 Å². The van der Waals surface area contributed by atoms with E-state index in [9.17, 15) is 4.79 Å². The Hall–Kier alpha value is -1.39. The molecule has 1 heterocycles. The van der Waals surface area contributed by atoms with Crippen molar-refractivity contribution in [3.8, 4) is 0 Å². The van der Waals surface area contributed by atoms with E-state index in [4.69, 9.17) is 9.47 Å². The number of ether oxygens (including phenoxy) is 2. The van der Waals surface area contributed by atoms with Crippen molar-refractivity contribution in [1.82, 2.24) is 5.32 Å². The Morgan fingerprint density at radius 1 is 1.29 bits per heavy atom. The third-order valence-corrected chi connectivity index (χ3v) is 4.15.